The zero-order valence-corrected chi connectivity index (χ0v) is 18.2. The van der Waals surface area contributed by atoms with Crippen LogP contribution in [0.2, 0.25) is 0 Å². The first-order valence-electron chi connectivity index (χ1n) is 2.00. The van der Waals surface area contributed by atoms with Gasteiger partial charge in [-0.3, -0.25) is 0 Å². The summed E-state index contributed by atoms with van der Waals surface area (Å²) in [4.78, 5) is 0. The molecule has 0 spiro atoms. The topological polar surface area (TPSA) is 0 Å². The number of rotatable bonds is 0. The Morgan fingerprint density at radius 2 is 0.222 bits per heavy atom. The number of hydrogen-bond acceptors (Lipinski definition) is 0. The van der Waals surface area contributed by atoms with Crippen LogP contribution in [0, 0.1) is 0 Å². The van der Waals surface area contributed by atoms with Crippen LogP contribution in [-0.4, -0.2) is 0 Å². The highest BCUT2D eigenvalue weighted by Crippen LogP contribution is 1.79. The minimum absolute atomic E-state index is 0. The van der Waals surface area contributed by atoms with E-state index in [1.807, 2.05) is 36.4 Å². The van der Waals surface area contributed by atoms with E-state index in [-0.39, 0.29) is 149 Å². The molecule has 12 heteroatoms. The van der Waals surface area contributed by atoms with Gasteiger partial charge in [0.15, 0.2) is 0 Å². The van der Waals surface area contributed by atoms with Gasteiger partial charge in [-0.2, -0.15) is 0 Å². The number of benzene rings is 1. The minimum atomic E-state index is 0. The lowest BCUT2D eigenvalue weighted by molar-refractivity contribution is 1.72. The quantitative estimate of drug-likeness (QED) is 0.359. The lowest BCUT2D eigenvalue weighted by Gasteiger charge is -1.69. The van der Waals surface area contributed by atoms with E-state index >= 15 is 0 Å². The minimum Gasteiger partial charge on any atom is -0.147 e. The van der Waals surface area contributed by atoms with E-state index in [0.717, 1.165) is 0 Å². The van der Waals surface area contributed by atoms with Crippen molar-refractivity contribution < 1.29 is 0 Å². The fraction of sp³-hybridized carbons (Fsp3) is 0. The first-order valence-corrected chi connectivity index (χ1v) is 2.00. The van der Waals surface area contributed by atoms with Crippen LogP contribution in [0.3, 0.4) is 0 Å². The van der Waals surface area contributed by atoms with Crippen molar-refractivity contribution in [2.75, 3.05) is 0 Å². The summed E-state index contributed by atoms with van der Waals surface area (Å²) in [6, 6.07) is 12.0. The molecule has 0 fully saturated rings. The molecule has 0 atom stereocenters. The monoisotopic (exact) mass is 510 g/mol. The van der Waals surface area contributed by atoms with Crippen molar-refractivity contribution >= 4 is 149 Å². The molecule has 18 heavy (non-hydrogen) atoms. The van der Waals surface area contributed by atoms with Gasteiger partial charge in [-0.05, 0) is 0 Å². The standard InChI is InChI=1S/C6H6.12ClH/c1-2-4-6-5-3-1;;;;;;;;;;;;/h1-6H;12*1H. The van der Waals surface area contributed by atoms with Gasteiger partial charge in [0.05, 0.1) is 0 Å². The molecule has 0 saturated heterocycles. The molecule has 126 valence electrons. The molecule has 0 aliphatic carbocycles. The molecule has 0 N–H and O–H groups in total. The average molecular weight is 516 g/mol. The zero-order chi connectivity index (χ0) is 4.24. The third kappa shape index (κ3) is 77.4. The summed E-state index contributed by atoms with van der Waals surface area (Å²) in [5, 5.41) is 0. The van der Waals surface area contributed by atoms with Gasteiger partial charge in [0.2, 0.25) is 0 Å². The van der Waals surface area contributed by atoms with Crippen molar-refractivity contribution in [3.63, 3.8) is 0 Å². The van der Waals surface area contributed by atoms with E-state index in [2.05, 4.69) is 0 Å². The van der Waals surface area contributed by atoms with E-state index in [9.17, 15) is 0 Å². The Labute approximate surface area is 183 Å². The normalized spacial score (nSPS) is 2.67. The molecule has 1 aromatic carbocycles. The third-order valence-electron chi connectivity index (χ3n) is 0.667. The maximum Gasteiger partial charge on any atom is -0.0623 e. The Bertz CT molecular complexity index is 88.5. The summed E-state index contributed by atoms with van der Waals surface area (Å²) >= 11 is 0. The molecule has 0 amide bonds. The molecule has 0 bridgehead atoms. The van der Waals surface area contributed by atoms with E-state index in [4.69, 9.17) is 0 Å². The van der Waals surface area contributed by atoms with Crippen LogP contribution in [0.1, 0.15) is 0 Å². The molecular weight excluding hydrogens is 498 g/mol. The van der Waals surface area contributed by atoms with Crippen molar-refractivity contribution in [2.24, 2.45) is 0 Å². The van der Waals surface area contributed by atoms with Gasteiger partial charge in [0.1, 0.15) is 0 Å². The molecule has 0 unspecified atom stereocenters. The molecule has 1 aromatic rings. The van der Waals surface area contributed by atoms with Crippen LogP contribution in [-0.2, 0) is 0 Å². The lowest BCUT2D eigenvalue weighted by atomic mass is 10.4. The van der Waals surface area contributed by atoms with E-state index < -0.39 is 0 Å². The highest BCUT2D eigenvalue weighted by atomic mass is 35.5. The molecule has 0 radical (unpaired) electrons. The van der Waals surface area contributed by atoms with Crippen LogP contribution in [0.25, 0.3) is 0 Å². The van der Waals surface area contributed by atoms with Crippen LogP contribution < -0.4 is 0 Å². The average Bonchev–Trinajstić information content (AvgIpc) is 1.72. The van der Waals surface area contributed by atoms with Crippen LogP contribution in [0.4, 0.5) is 0 Å². The first-order chi connectivity index (χ1) is 3.00. The highest BCUT2D eigenvalue weighted by Gasteiger charge is 1.57. The van der Waals surface area contributed by atoms with Gasteiger partial charge in [0.25, 0.3) is 0 Å². The summed E-state index contributed by atoms with van der Waals surface area (Å²) in [6.45, 7) is 0. The fourth-order valence-electron chi connectivity index (χ4n) is 0.385. The smallest absolute Gasteiger partial charge is 0.0623 e. The molecular formula is C6H18Cl12. The number of hydrogen-bond donors (Lipinski definition) is 0. The second-order valence-corrected chi connectivity index (χ2v) is 1.15. The van der Waals surface area contributed by atoms with Crippen LogP contribution in [0.5, 0.6) is 0 Å². The van der Waals surface area contributed by atoms with Crippen molar-refractivity contribution in [1.82, 2.24) is 0 Å². The van der Waals surface area contributed by atoms with Crippen molar-refractivity contribution in [1.29, 1.82) is 0 Å². The maximum absolute atomic E-state index is 2.00. The maximum atomic E-state index is 2.00. The summed E-state index contributed by atoms with van der Waals surface area (Å²) in [7, 11) is 0. The lowest BCUT2D eigenvalue weighted by Crippen LogP contribution is -1.47. The van der Waals surface area contributed by atoms with Crippen LogP contribution in [0.15, 0.2) is 36.4 Å². The second-order valence-electron chi connectivity index (χ2n) is 1.15. The second kappa shape index (κ2) is 91.0. The predicted octanol–water partition coefficient (Wildman–Crippen LogP) is 6.75. The molecule has 0 aromatic heterocycles. The van der Waals surface area contributed by atoms with Gasteiger partial charge in [-0.15, -0.1) is 149 Å². The molecule has 0 nitrogen and oxygen atoms in total. The van der Waals surface area contributed by atoms with Crippen LogP contribution >= 0.6 is 149 Å². The van der Waals surface area contributed by atoms with Gasteiger partial charge >= 0.3 is 0 Å². The molecule has 0 aliphatic heterocycles. The largest absolute Gasteiger partial charge is 0.147 e. The number of halogens is 12. The van der Waals surface area contributed by atoms with Gasteiger partial charge in [0, 0.05) is 0 Å². The fourth-order valence-corrected chi connectivity index (χ4v) is 0.385. The van der Waals surface area contributed by atoms with E-state index in [1.165, 1.54) is 0 Å². The Morgan fingerprint density at radius 3 is 0.278 bits per heavy atom. The molecule has 0 aliphatic rings. The Hall–Kier alpha value is 2.70. The Balaban J connectivity index is -0.00000000300. The highest BCUT2D eigenvalue weighted by molar-refractivity contribution is 5.86. The summed E-state index contributed by atoms with van der Waals surface area (Å²) in [5.74, 6) is 0. The predicted molar refractivity (Wildman–Crippen MR) is 113 cm³/mol. The zero-order valence-electron chi connectivity index (χ0n) is 8.36. The summed E-state index contributed by atoms with van der Waals surface area (Å²) in [6.07, 6.45) is 0. The van der Waals surface area contributed by atoms with E-state index in [1.54, 1.807) is 0 Å². The third-order valence-corrected chi connectivity index (χ3v) is 0.667. The Morgan fingerprint density at radius 1 is 0.167 bits per heavy atom. The molecule has 1 rings (SSSR count). The van der Waals surface area contributed by atoms with Gasteiger partial charge in [-0.25, -0.2) is 0 Å². The van der Waals surface area contributed by atoms with Gasteiger partial charge in [-0.1, -0.05) is 36.4 Å². The summed E-state index contributed by atoms with van der Waals surface area (Å²) in [5.41, 5.74) is 0. The molecule has 0 heterocycles. The molecule has 0 saturated carbocycles. The van der Waals surface area contributed by atoms with Crippen molar-refractivity contribution in [2.45, 2.75) is 0 Å². The Kier molecular flexibility index (Phi) is 537. The SMILES string of the molecule is Cl.Cl.Cl.Cl.Cl.Cl.Cl.Cl.Cl.Cl.Cl.Cl.c1ccccc1. The van der Waals surface area contributed by atoms with Crippen molar-refractivity contribution in [3.05, 3.63) is 36.4 Å². The van der Waals surface area contributed by atoms with Crippen molar-refractivity contribution in [3.8, 4) is 0 Å². The van der Waals surface area contributed by atoms with E-state index in [0.29, 0.717) is 0 Å². The van der Waals surface area contributed by atoms with Gasteiger partial charge < -0.3 is 0 Å². The summed E-state index contributed by atoms with van der Waals surface area (Å²) < 4.78 is 0. The first kappa shape index (κ1) is 106.